The van der Waals surface area contributed by atoms with Crippen LogP contribution in [0.1, 0.15) is 16.7 Å². The van der Waals surface area contributed by atoms with E-state index in [1.54, 1.807) is 0 Å². The first-order chi connectivity index (χ1) is 10.6. The minimum absolute atomic E-state index is 0.0637. The Morgan fingerprint density at radius 3 is 2.73 bits per heavy atom. The van der Waals surface area contributed by atoms with Gasteiger partial charge in [0.25, 0.3) is 5.91 Å². The van der Waals surface area contributed by atoms with Gasteiger partial charge in [-0.2, -0.15) is 0 Å². The first-order valence-electron chi connectivity index (χ1n) is 7.95. The molecule has 5 nitrogen and oxygen atoms in total. The van der Waals surface area contributed by atoms with Crippen LogP contribution in [0.15, 0.2) is 12.1 Å². The summed E-state index contributed by atoms with van der Waals surface area (Å²) in [6.45, 7) is 11.5. The second-order valence-corrected chi connectivity index (χ2v) is 5.96. The van der Waals surface area contributed by atoms with E-state index in [1.165, 1.54) is 10.5 Å². The molecule has 122 valence electrons. The van der Waals surface area contributed by atoms with Gasteiger partial charge in [0.2, 0.25) is 0 Å². The summed E-state index contributed by atoms with van der Waals surface area (Å²) in [5.41, 5.74) is 3.43. The first kappa shape index (κ1) is 16.8. The van der Waals surface area contributed by atoms with Crippen LogP contribution < -0.4 is 15.0 Å². The van der Waals surface area contributed by atoms with Gasteiger partial charge in [0.15, 0.2) is 6.61 Å². The van der Waals surface area contributed by atoms with E-state index in [9.17, 15) is 4.79 Å². The second-order valence-electron chi connectivity index (χ2n) is 5.96. The Morgan fingerprint density at radius 1 is 1.27 bits per heavy atom. The average molecular weight is 307 g/mol. The van der Waals surface area contributed by atoms with Crippen molar-refractivity contribution in [3.8, 4) is 5.75 Å². The molecule has 2 rings (SSSR count). The fourth-order valence-corrected chi connectivity index (χ4v) is 2.63. The van der Waals surface area contributed by atoms with Gasteiger partial charge in [-0.05, 0) is 43.5 Å². The number of ether oxygens (including phenoxy) is 2. The number of amides is 1. The molecule has 1 aromatic rings. The van der Waals surface area contributed by atoms with E-state index in [-0.39, 0.29) is 12.5 Å². The molecule has 0 radical (unpaired) electrons. The summed E-state index contributed by atoms with van der Waals surface area (Å²) in [6.07, 6.45) is 0. The number of carbonyl (C=O) groups excluding carboxylic acids is 1. The number of nitrogens with one attached hydrogen (secondary N) is 2. The monoisotopic (exact) mass is 307 g/mol. The predicted molar refractivity (Wildman–Crippen MR) is 85.5 cm³/mol. The molecule has 2 N–H and O–H groups in total. The number of hydrogen-bond donors (Lipinski definition) is 2. The Morgan fingerprint density at radius 2 is 2.00 bits per heavy atom. The van der Waals surface area contributed by atoms with Gasteiger partial charge in [0, 0.05) is 0 Å². The Hall–Kier alpha value is -1.59. The van der Waals surface area contributed by atoms with Crippen LogP contribution in [-0.2, 0) is 9.53 Å². The van der Waals surface area contributed by atoms with Gasteiger partial charge in [-0.25, -0.2) is 0 Å². The minimum atomic E-state index is -0.0637. The maximum atomic E-state index is 11.9. The number of carbonyl (C=O) groups is 1. The summed E-state index contributed by atoms with van der Waals surface area (Å²) in [5, 5.41) is 2.92. The van der Waals surface area contributed by atoms with Crippen molar-refractivity contribution in [2.75, 3.05) is 46.0 Å². The summed E-state index contributed by atoms with van der Waals surface area (Å²) in [6, 6.07) is 4.10. The molecule has 1 aromatic carbocycles. The summed E-state index contributed by atoms with van der Waals surface area (Å²) in [7, 11) is 0. The van der Waals surface area contributed by atoms with E-state index in [0.717, 1.165) is 49.7 Å². The van der Waals surface area contributed by atoms with Crippen molar-refractivity contribution in [2.45, 2.75) is 20.8 Å². The van der Waals surface area contributed by atoms with Crippen LogP contribution in [0.3, 0.4) is 0 Å². The SMILES string of the molecule is Cc1cc(C)c(C)c(OCC(=O)NCC[NH+]2CCOCC2)c1. The molecule has 0 aromatic heterocycles. The molecule has 0 aliphatic carbocycles. The molecular weight excluding hydrogens is 280 g/mol. The molecule has 1 saturated heterocycles. The van der Waals surface area contributed by atoms with Crippen LogP contribution in [0.5, 0.6) is 5.75 Å². The lowest BCUT2D eigenvalue weighted by atomic mass is 10.1. The van der Waals surface area contributed by atoms with E-state index in [4.69, 9.17) is 9.47 Å². The van der Waals surface area contributed by atoms with Crippen molar-refractivity contribution < 1.29 is 19.2 Å². The number of quaternary nitrogens is 1. The highest BCUT2D eigenvalue weighted by atomic mass is 16.5. The third-order valence-corrected chi connectivity index (χ3v) is 4.12. The first-order valence-corrected chi connectivity index (χ1v) is 7.95. The van der Waals surface area contributed by atoms with Gasteiger partial charge >= 0.3 is 0 Å². The van der Waals surface area contributed by atoms with Crippen LogP contribution in [0.2, 0.25) is 0 Å². The number of rotatable bonds is 6. The Kier molecular flexibility index (Phi) is 6.21. The largest absolute Gasteiger partial charge is 0.483 e. The van der Waals surface area contributed by atoms with Gasteiger partial charge in [-0.1, -0.05) is 6.07 Å². The molecule has 0 atom stereocenters. The van der Waals surface area contributed by atoms with Crippen molar-refractivity contribution in [3.63, 3.8) is 0 Å². The summed E-state index contributed by atoms with van der Waals surface area (Å²) >= 11 is 0. The van der Waals surface area contributed by atoms with Gasteiger partial charge < -0.3 is 19.7 Å². The molecule has 1 fully saturated rings. The highest BCUT2D eigenvalue weighted by molar-refractivity contribution is 5.77. The molecule has 1 heterocycles. The smallest absolute Gasteiger partial charge is 0.258 e. The van der Waals surface area contributed by atoms with E-state index in [1.807, 2.05) is 19.9 Å². The molecule has 1 aliphatic rings. The molecule has 0 spiro atoms. The fourth-order valence-electron chi connectivity index (χ4n) is 2.63. The van der Waals surface area contributed by atoms with E-state index >= 15 is 0 Å². The quantitative estimate of drug-likeness (QED) is 0.779. The number of aryl methyl sites for hydroxylation is 2. The average Bonchev–Trinajstić information content (AvgIpc) is 2.50. The minimum Gasteiger partial charge on any atom is -0.483 e. The number of hydrogen-bond acceptors (Lipinski definition) is 3. The zero-order chi connectivity index (χ0) is 15.9. The maximum Gasteiger partial charge on any atom is 0.258 e. The van der Waals surface area contributed by atoms with E-state index in [0.29, 0.717) is 6.54 Å². The number of morpholine rings is 1. The molecule has 0 bridgehead atoms. The summed E-state index contributed by atoms with van der Waals surface area (Å²) in [5.74, 6) is 0.734. The Bertz CT molecular complexity index is 511. The predicted octanol–water partition coefficient (Wildman–Crippen LogP) is 0.0220. The molecule has 0 unspecified atom stereocenters. The third kappa shape index (κ3) is 5.00. The van der Waals surface area contributed by atoms with Crippen molar-refractivity contribution in [2.24, 2.45) is 0 Å². The highest BCUT2D eigenvalue weighted by Crippen LogP contribution is 2.23. The van der Waals surface area contributed by atoms with Gasteiger partial charge in [0.1, 0.15) is 18.8 Å². The van der Waals surface area contributed by atoms with Gasteiger partial charge in [0.05, 0.1) is 26.3 Å². The van der Waals surface area contributed by atoms with Crippen LogP contribution in [0, 0.1) is 20.8 Å². The lowest BCUT2D eigenvalue weighted by Crippen LogP contribution is -3.14. The van der Waals surface area contributed by atoms with Gasteiger partial charge in [-0.3, -0.25) is 4.79 Å². The third-order valence-electron chi connectivity index (χ3n) is 4.12. The summed E-state index contributed by atoms with van der Waals surface area (Å²) in [4.78, 5) is 13.4. The van der Waals surface area contributed by atoms with Crippen molar-refractivity contribution in [3.05, 3.63) is 28.8 Å². The topological polar surface area (TPSA) is 52.0 Å². The van der Waals surface area contributed by atoms with Crippen LogP contribution in [0.4, 0.5) is 0 Å². The molecule has 22 heavy (non-hydrogen) atoms. The van der Waals surface area contributed by atoms with Crippen LogP contribution in [0.25, 0.3) is 0 Å². The molecule has 1 aliphatic heterocycles. The lowest BCUT2D eigenvalue weighted by molar-refractivity contribution is -0.906. The zero-order valence-electron chi connectivity index (χ0n) is 13.8. The van der Waals surface area contributed by atoms with Crippen LogP contribution >= 0.6 is 0 Å². The summed E-state index contributed by atoms with van der Waals surface area (Å²) < 4.78 is 11.0. The van der Waals surface area contributed by atoms with Crippen molar-refractivity contribution >= 4 is 5.91 Å². The van der Waals surface area contributed by atoms with Crippen molar-refractivity contribution in [1.82, 2.24) is 5.32 Å². The normalized spacial score (nSPS) is 15.6. The second kappa shape index (κ2) is 8.15. The van der Waals surface area contributed by atoms with Crippen LogP contribution in [-0.4, -0.2) is 51.9 Å². The van der Waals surface area contributed by atoms with Crippen molar-refractivity contribution in [1.29, 1.82) is 0 Å². The lowest BCUT2D eigenvalue weighted by Gasteiger charge is -2.23. The standard InChI is InChI=1S/C17H26N2O3/c1-13-10-14(2)15(3)16(11-13)22-12-17(20)18-4-5-19-6-8-21-9-7-19/h10-11H,4-9,12H2,1-3H3,(H,18,20)/p+1. The fraction of sp³-hybridized carbons (Fsp3) is 0.588. The van der Waals surface area contributed by atoms with E-state index < -0.39 is 0 Å². The zero-order valence-corrected chi connectivity index (χ0v) is 13.8. The number of benzene rings is 1. The molecule has 0 saturated carbocycles. The van der Waals surface area contributed by atoms with E-state index in [2.05, 4.69) is 18.3 Å². The molecule has 1 amide bonds. The van der Waals surface area contributed by atoms with Gasteiger partial charge in [-0.15, -0.1) is 0 Å². The molecule has 5 heteroatoms. The maximum absolute atomic E-state index is 11.9. The molecular formula is C17H27N2O3+. The Labute approximate surface area is 132 Å². The highest BCUT2D eigenvalue weighted by Gasteiger charge is 2.13. The Balaban J connectivity index is 1.71.